The fourth-order valence-corrected chi connectivity index (χ4v) is 7.10. The number of halogens is 2. The average Bonchev–Trinajstić information content (AvgIpc) is 3.70. The summed E-state index contributed by atoms with van der Waals surface area (Å²) in [5.74, 6) is -0.174. The first-order valence-corrected chi connectivity index (χ1v) is 17.5. The Labute approximate surface area is 297 Å². The van der Waals surface area contributed by atoms with E-state index in [9.17, 15) is 18.4 Å². The lowest BCUT2D eigenvalue weighted by Crippen LogP contribution is -2.39. The largest absolute Gasteiger partial charge is 0.471 e. The van der Waals surface area contributed by atoms with Gasteiger partial charge in [-0.05, 0) is 55.0 Å². The average molecular weight is 702 g/mol. The summed E-state index contributed by atoms with van der Waals surface area (Å²) in [7, 11) is 1.70. The first kappa shape index (κ1) is 36.3. The summed E-state index contributed by atoms with van der Waals surface area (Å²) >= 11 is 0. The maximum absolute atomic E-state index is 14.0. The van der Waals surface area contributed by atoms with Crippen LogP contribution in [0, 0.1) is 12.8 Å². The Morgan fingerprint density at radius 1 is 1.04 bits per heavy atom. The molecule has 0 bridgehead atoms. The monoisotopic (exact) mass is 701 g/mol. The lowest BCUT2D eigenvalue weighted by molar-refractivity contribution is -0.119. The molecule has 0 radical (unpaired) electrons. The maximum atomic E-state index is 14.0. The van der Waals surface area contributed by atoms with Gasteiger partial charge in [0.15, 0.2) is 6.61 Å². The summed E-state index contributed by atoms with van der Waals surface area (Å²) in [6, 6.07) is 21.4. The van der Waals surface area contributed by atoms with Gasteiger partial charge in [0.05, 0.1) is 23.7 Å². The van der Waals surface area contributed by atoms with Gasteiger partial charge in [0, 0.05) is 76.5 Å². The number of ether oxygens (including phenoxy) is 3. The smallest absolute Gasteiger partial charge is 0.272 e. The Morgan fingerprint density at radius 2 is 1.76 bits per heavy atom. The number of Topliss-reactive ketones (excluding diaryl/α,β-unsaturated/α-hetero) is 1. The fourth-order valence-electron chi connectivity index (χ4n) is 7.10. The van der Waals surface area contributed by atoms with Crippen molar-refractivity contribution in [3.8, 4) is 22.8 Å². The third-order valence-corrected chi connectivity index (χ3v) is 9.73. The summed E-state index contributed by atoms with van der Waals surface area (Å²) in [5, 5.41) is 7.94. The number of para-hydroxylation sites is 1. The third kappa shape index (κ3) is 9.05. The molecule has 1 amide bonds. The number of pyridine rings is 1. The zero-order chi connectivity index (χ0) is 35.7. The highest BCUT2D eigenvalue weighted by molar-refractivity contribution is 5.97. The second kappa shape index (κ2) is 17.1. The molecule has 0 aliphatic carbocycles. The van der Waals surface area contributed by atoms with Crippen molar-refractivity contribution in [2.45, 2.75) is 51.0 Å². The number of nitrogens with one attached hydrogen (secondary N) is 1. The molecule has 10 nitrogen and oxygen atoms in total. The van der Waals surface area contributed by atoms with Gasteiger partial charge in [0.1, 0.15) is 11.3 Å². The number of rotatable bonds is 15. The standard InChI is InChI=1S/C39H45F2N5O5/c1-26-35(21-32(47)19-29-23-45(15-18-49-2)24-34(29)27-9-5-3-6-10-27)46(31-11-7-4-8-12-31)44-37(26)28-20-33(39(42-22-28)51-25-36(40)41)38(48)43-30-13-16-50-17-14-30/h3-12,20,22,29-30,34,36H,13-19,21,23-25H2,1-2H3,(H,43,48)/t29-,34+/m1/s1. The summed E-state index contributed by atoms with van der Waals surface area (Å²) in [6.45, 7) is 5.17. The number of alkyl halides is 2. The molecule has 12 heteroatoms. The van der Waals surface area contributed by atoms with Crippen LogP contribution in [0.1, 0.15) is 52.4 Å². The predicted molar refractivity (Wildman–Crippen MR) is 189 cm³/mol. The lowest BCUT2D eigenvalue weighted by atomic mass is 9.85. The minimum Gasteiger partial charge on any atom is -0.471 e. The number of likely N-dealkylation sites (tertiary alicyclic amines) is 1. The quantitative estimate of drug-likeness (QED) is 0.169. The van der Waals surface area contributed by atoms with E-state index in [4.69, 9.17) is 19.3 Å². The van der Waals surface area contributed by atoms with Crippen LogP contribution in [0.15, 0.2) is 72.9 Å². The highest BCUT2D eigenvalue weighted by atomic mass is 19.3. The van der Waals surface area contributed by atoms with Crippen LogP contribution in [0.25, 0.3) is 16.9 Å². The Hall–Kier alpha value is -4.52. The van der Waals surface area contributed by atoms with E-state index in [0.29, 0.717) is 50.3 Å². The molecule has 4 aromatic rings. The van der Waals surface area contributed by atoms with Gasteiger partial charge in [-0.1, -0.05) is 48.5 Å². The first-order chi connectivity index (χ1) is 24.8. The van der Waals surface area contributed by atoms with Crippen LogP contribution < -0.4 is 10.1 Å². The van der Waals surface area contributed by atoms with Crippen molar-refractivity contribution in [3.63, 3.8) is 0 Å². The van der Waals surface area contributed by atoms with Gasteiger partial charge >= 0.3 is 0 Å². The molecule has 2 aliphatic heterocycles. The maximum Gasteiger partial charge on any atom is 0.272 e. The number of ketones is 1. The highest BCUT2D eigenvalue weighted by Gasteiger charge is 2.35. The van der Waals surface area contributed by atoms with E-state index in [-0.39, 0.29) is 41.5 Å². The number of aromatic nitrogens is 3. The van der Waals surface area contributed by atoms with E-state index < -0.39 is 18.9 Å². The molecule has 2 aromatic carbocycles. The molecule has 0 saturated carbocycles. The van der Waals surface area contributed by atoms with Crippen molar-refractivity contribution in [3.05, 3.63) is 95.3 Å². The molecule has 270 valence electrons. The van der Waals surface area contributed by atoms with Crippen LogP contribution in [0.4, 0.5) is 8.78 Å². The molecule has 1 N–H and O–H groups in total. The molecular formula is C39H45F2N5O5. The van der Waals surface area contributed by atoms with Crippen LogP contribution in [0.5, 0.6) is 5.88 Å². The molecule has 4 heterocycles. The zero-order valence-electron chi connectivity index (χ0n) is 29.1. The number of nitrogens with zero attached hydrogens (tertiary/aromatic N) is 4. The van der Waals surface area contributed by atoms with Crippen LogP contribution in [-0.4, -0.2) is 97.0 Å². The number of hydrogen-bond donors (Lipinski definition) is 1. The Bertz CT molecular complexity index is 1760. The molecular weight excluding hydrogens is 656 g/mol. The van der Waals surface area contributed by atoms with Crippen molar-refractivity contribution in [1.82, 2.24) is 25.0 Å². The van der Waals surface area contributed by atoms with E-state index in [2.05, 4.69) is 27.3 Å². The van der Waals surface area contributed by atoms with Crippen molar-refractivity contribution in [2.24, 2.45) is 5.92 Å². The van der Waals surface area contributed by atoms with Gasteiger partial charge in [-0.2, -0.15) is 5.10 Å². The summed E-state index contributed by atoms with van der Waals surface area (Å²) in [4.78, 5) is 34.2. The van der Waals surface area contributed by atoms with E-state index in [0.717, 1.165) is 36.6 Å². The molecule has 0 unspecified atom stereocenters. The number of methoxy groups -OCH3 is 1. The van der Waals surface area contributed by atoms with Crippen molar-refractivity contribution in [2.75, 3.05) is 53.2 Å². The molecule has 2 fully saturated rings. The second-order valence-electron chi connectivity index (χ2n) is 13.3. The Balaban J connectivity index is 1.30. The van der Waals surface area contributed by atoms with E-state index in [1.165, 1.54) is 11.8 Å². The number of carbonyl (C=O) groups excluding carboxylic acids is 2. The van der Waals surface area contributed by atoms with Crippen molar-refractivity contribution in [1.29, 1.82) is 0 Å². The summed E-state index contributed by atoms with van der Waals surface area (Å²) < 4.78 is 44.1. The van der Waals surface area contributed by atoms with Crippen LogP contribution in [-0.2, 0) is 20.7 Å². The predicted octanol–water partition coefficient (Wildman–Crippen LogP) is 5.66. The van der Waals surface area contributed by atoms with Gasteiger partial charge in [0.2, 0.25) is 5.88 Å². The van der Waals surface area contributed by atoms with E-state index >= 15 is 0 Å². The summed E-state index contributed by atoms with van der Waals surface area (Å²) in [6.07, 6.45) is 0.586. The van der Waals surface area contributed by atoms with Crippen molar-refractivity contribution >= 4 is 11.7 Å². The van der Waals surface area contributed by atoms with E-state index in [1.54, 1.807) is 17.9 Å². The number of hydrogen-bond acceptors (Lipinski definition) is 8. The lowest BCUT2D eigenvalue weighted by Gasteiger charge is -2.23. The van der Waals surface area contributed by atoms with Gasteiger partial charge in [-0.3, -0.25) is 9.59 Å². The number of benzene rings is 2. The van der Waals surface area contributed by atoms with Crippen LogP contribution in [0.3, 0.4) is 0 Å². The topological polar surface area (TPSA) is 108 Å². The Morgan fingerprint density at radius 3 is 2.47 bits per heavy atom. The normalized spacial score (nSPS) is 18.3. The molecule has 51 heavy (non-hydrogen) atoms. The molecule has 2 saturated heterocycles. The summed E-state index contributed by atoms with van der Waals surface area (Å²) in [5.41, 5.74) is 4.59. The second-order valence-corrected chi connectivity index (χ2v) is 13.3. The molecule has 0 spiro atoms. The third-order valence-electron chi connectivity index (χ3n) is 9.73. The minimum atomic E-state index is -2.73. The fraction of sp³-hybridized carbons (Fsp3) is 0.436. The zero-order valence-corrected chi connectivity index (χ0v) is 29.1. The van der Waals surface area contributed by atoms with Gasteiger partial charge in [0.25, 0.3) is 12.3 Å². The first-order valence-electron chi connectivity index (χ1n) is 17.5. The molecule has 2 aliphatic rings. The number of carbonyl (C=O) groups is 2. The molecule has 2 atom stereocenters. The number of amides is 1. The minimum absolute atomic E-state index is 0.0390. The molecule has 6 rings (SSSR count). The highest BCUT2D eigenvalue weighted by Crippen LogP contribution is 2.36. The van der Waals surface area contributed by atoms with E-state index in [1.807, 2.05) is 55.5 Å². The Kier molecular flexibility index (Phi) is 12.2. The van der Waals surface area contributed by atoms with Crippen LogP contribution >= 0.6 is 0 Å². The van der Waals surface area contributed by atoms with Gasteiger partial charge in [-0.15, -0.1) is 0 Å². The van der Waals surface area contributed by atoms with Crippen molar-refractivity contribution < 1.29 is 32.6 Å². The SMILES string of the molecule is COCCN1C[C@@H](CC(=O)Cc2c(C)c(-c3cnc(OCC(F)F)c(C(=O)NC4CCOCC4)c3)nn2-c2ccccc2)[C@H](c2ccccc2)C1. The molecule has 2 aromatic heterocycles. The van der Waals surface area contributed by atoms with Gasteiger partial charge in [-0.25, -0.2) is 18.4 Å². The van der Waals surface area contributed by atoms with Gasteiger partial charge < -0.3 is 24.4 Å². The van der Waals surface area contributed by atoms with Crippen LogP contribution in [0.2, 0.25) is 0 Å².